The summed E-state index contributed by atoms with van der Waals surface area (Å²) in [6, 6.07) is 6.82. The van der Waals surface area contributed by atoms with Crippen molar-refractivity contribution in [1.29, 1.82) is 0 Å². The molecule has 14 heavy (non-hydrogen) atoms. The Morgan fingerprint density at radius 3 is 3.00 bits per heavy atom. The van der Waals surface area contributed by atoms with Gasteiger partial charge in [-0.1, -0.05) is 12.1 Å². The number of carbonyl (C=O) groups is 1. The third kappa shape index (κ3) is 3.71. The Bertz CT molecular complexity index is 354. The number of urea groups is 1. The molecule has 1 aromatic rings. The molecule has 0 aliphatic heterocycles. The zero-order chi connectivity index (χ0) is 10.4. The van der Waals surface area contributed by atoms with Crippen LogP contribution in [0.3, 0.4) is 0 Å². The van der Waals surface area contributed by atoms with Crippen LogP contribution < -0.4 is 10.9 Å². The van der Waals surface area contributed by atoms with Crippen LogP contribution in [0, 0.1) is 3.57 Å². The number of amides is 2. The number of benzene rings is 1. The van der Waals surface area contributed by atoms with Gasteiger partial charge in [-0.2, -0.15) is 5.10 Å². The van der Waals surface area contributed by atoms with E-state index in [1.807, 2.05) is 24.3 Å². The lowest BCUT2D eigenvalue weighted by Gasteiger charge is -1.96. The first kappa shape index (κ1) is 10.9. The van der Waals surface area contributed by atoms with Crippen molar-refractivity contribution in [2.75, 3.05) is 0 Å². The monoisotopic (exact) mass is 305 g/mol. The molecule has 1 aromatic carbocycles. The van der Waals surface area contributed by atoms with Gasteiger partial charge in [0, 0.05) is 3.57 Å². The van der Waals surface area contributed by atoms with Gasteiger partial charge < -0.3 is 0 Å². The first-order valence-corrected chi connectivity index (χ1v) is 4.79. The van der Waals surface area contributed by atoms with Crippen LogP contribution in [0.15, 0.2) is 29.4 Å². The second kappa shape index (κ2) is 5.55. The quantitative estimate of drug-likeness (QED) is 0.334. The smallest absolute Gasteiger partial charge is 0.287 e. The zero-order valence-corrected chi connectivity index (χ0v) is 9.22. The van der Waals surface area contributed by atoms with E-state index in [4.69, 9.17) is 5.21 Å². The van der Waals surface area contributed by atoms with Crippen molar-refractivity contribution in [3.63, 3.8) is 0 Å². The number of hydrogen-bond acceptors (Lipinski definition) is 3. The summed E-state index contributed by atoms with van der Waals surface area (Å²) in [4.78, 5) is 10.5. The van der Waals surface area contributed by atoms with Crippen LogP contribution in [-0.2, 0) is 0 Å². The van der Waals surface area contributed by atoms with Crippen LogP contribution in [0.1, 0.15) is 5.56 Å². The third-order valence-electron chi connectivity index (χ3n) is 1.33. The first-order chi connectivity index (χ1) is 6.72. The summed E-state index contributed by atoms with van der Waals surface area (Å²) in [5.74, 6) is 0. The number of nitrogens with zero attached hydrogens (tertiary/aromatic N) is 1. The van der Waals surface area contributed by atoms with E-state index < -0.39 is 6.03 Å². The number of rotatable bonds is 2. The number of hydrogen-bond donors (Lipinski definition) is 3. The van der Waals surface area contributed by atoms with Gasteiger partial charge in [-0.3, -0.25) is 5.21 Å². The van der Waals surface area contributed by atoms with Crippen molar-refractivity contribution in [1.82, 2.24) is 10.9 Å². The van der Waals surface area contributed by atoms with Crippen molar-refractivity contribution in [3.05, 3.63) is 33.4 Å². The summed E-state index contributed by atoms with van der Waals surface area (Å²) in [5.41, 5.74) is 4.34. The van der Waals surface area contributed by atoms with Gasteiger partial charge in [-0.15, -0.1) is 0 Å². The van der Waals surface area contributed by atoms with Crippen LogP contribution in [0.5, 0.6) is 0 Å². The average Bonchev–Trinajstić information content (AvgIpc) is 2.17. The molecule has 0 atom stereocenters. The minimum atomic E-state index is -0.771. The summed E-state index contributed by atoms with van der Waals surface area (Å²) in [5, 5.41) is 11.7. The van der Waals surface area contributed by atoms with E-state index in [9.17, 15) is 4.79 Å². The molecule has 0 saturated heterocycles. The number of hydroxylamine groups is 1. The Morgan fingerprint density at radius 2 is 2.36 bits per heavy atom. The zero-order valence-electron chi connectivity index (χ0n) is 7.07. The van der Waals surface area contributed by atoms with Crippen LogP contribution >= 0.6 is 22.6 Å². The van der Waals surface area contributed by atoms with Crippen molar-refractivity contribution in [2.24, 2.45) is 5.10 Å². The third-order valence-corrected chi connectivity index (χ3v) is 2.00. The second-order valence-electron chi connectivity index (χ2n) is 2.37. The van der Waals surface area contributed by atoms with E-state index in [0.717, 1.165) is 9.13 Å². The molecule has 0 heterocycles. The molecule has 0 aliphatic carbocycles. The normalized spacial score (nSPS) is 10.1. The second-order valence-corrected chi connectivity index (χ2v) is 3.61. The van der Waals surface area contributed by atoms with Crippen LogP contribution in [0.4, 0.5) is 4.79 Å². The lowest BCUT2D eigenvalue weighted by Crippen LogP contribution is -2.29. The molecule has 74 valence electrons. The molecular weight excluding hydrogens is 297 g/mol. The van der Waals surface area contributed by atoms with Crippen LogP contribution in [0.2, 0.25) is 0 Å². The highest BCUT2D eigenvalue weighted by Crippen LogP contribution is 2.05. The molecule has 0 fully saturated rings. The molecule has 0 bridgehead atoms. The minimum absolute atomic E-state index is 0.771. The van der Waals surface area contributed by atoms with Gasteiger partial charge in [0.25, 0.3) is 0 Å². The van der Waals surface area contributed by atoms with Crippen molar-refractivity contribution in [3.8, 4) is 0 Å². The molecule has 0 radical (unpaired) electrons. The molecule has 5 nitrogen and oxygen atoms in total. The Labute approximate surface area is 94.3 Å². The molecule has 2 amide bonds. The van der Waals surface area contributed by atoms with Gasteiger partial charge in [0.15, 0.2) is 0 Å². The van der Waals surface area contributed by atoms with Crippen molar-refractivity contribution >= 4 is 34.8 Å². The van der Waals surface area contributed by atoms with E-state index in [1.54, 1.807) is 0 Å². The van der Waals surface area contributed by atoms with E-state index in [2.05, 4.69) is 33.1 Å². The van der Waals surface area contributed by atoms with E-state index in [-0.39, 0.29) is 0 Å². The lowest BCUT2D eigenvalue weighted by molar-refractivity contribution is 0.162. The van der Waals surface area contributed by atoms with Gasteiger partial charge in [-0.25, -0.2) is 15.7 Å². The largest absolute Gasteiger partial charge is 0.358 e. The van der Waals surface area contributed by atoms with Crippen molar-refractivity contribution in [2.45, 2.75) is 0 Å². The summed E-state index contributed by atoms with van der Waals surface area (Å²) in [6.45, 7) is 0. The maximum Gasteiger partial charge on any atom is 0.358 e. The highest BCUT2D eigenvalue weighted by Gasteiger charge is 1.92. The summed E-state index contributed by atoms with van der Waals surface area (Å²) >= 11 is 2.18. The molecule has 6 heteroatoms. The predicted molar refractivity (Wildman–Crippen MR) is 60.2 cm³/mol. The number of carbonyl (C=O) groups excluding carboxylic acids is 1. The van der Waals surface area contributed by atoms with Crippen LogP contribution in [-0.4, -0.2) is 17.5 Å². The number of hydrazone groups is 1. The molecule has 0 aliphatic rings. The summed E-state index contributed by atoms with van der Waals surface area (Å²) < 4.78 is 1.08. The van der Waals surface area contributed by atoms with Gasteiger partial charge in [0.05, 0.1) is 6.21 Å². The Hall–Kier alpha value is -1.15. The highest BCUT2D eigenvalue weighted by atomic mass is 127. The van der Waals surface area contributed by atoms with Gasteiger partial charge in [0.1, 0.15) is 0 Å². The maximum atomic E-state index is 10.5. The van der Waals surface area contributed by atoms with Gasteiger partial charge >= 0.3 is 6.03 Å². The standard InChI is InChI=1S/C8H8IN3O2/c9-7-3-1-2-6(4-7)5-10-11-8(13)12-14/h1-5,14H,(H2,11,12,13)/b10-5+. The Balaban J connectivity index is 2.56. The summed E-state index contributed by atoms with van der Waals surface area (Å²) in [6.07, 6.45) is 1.48. The van der Waals surface area contributed by atoms with Gasteiger partial charge in [0.2, 0.25) is 0 Å². The Morgan fingerprint density at radius 1 is 1.57 bits per heavy atom. The number of halogens is 1. The van der Waals surface area contributed by atoms with Crippen molar-refractivity contribution < 1.29 is 10.0 Å². The number of nitrogens with one attached hydrogen (secondary N) is 2. The van der Waals surface area contributed by atoms with Gasteiger partial charge in [-0.05, 0) is 40.3 Å². The fraction of sp³-hybridized carbons (Fsp3) is 0. The van der Waals surface area contributed by atoms with E-state index in [1.165, 1.54) is 11.7 Å². The van der Waals surface area contributed by atoms with Crippen LogP contribution in [0.25, 0.3) is 0 Å². The molecule has 0 unspecified atom stereocenters. The molecule has 1 rings (SSSR count). The molecule has 0 saturated carbocycles. The fourth-order valence-corrected chi connectivity index (χ4v) is 1.34. The lowest BCUT2D eigenvalue weighted by atomic mass is 10.2. The molecule has 3 N–H and O–H groups in total. The predicted octanol–water partition coefficient (Wildman–Crippen LogP) is 1.31. The maximum absolute atomic E-state index is 10.5. The SMILES string of the molecule is O=C(NO)N/N=C/c1cccc(I)c1. The molecule has 0 aromatic heterocycles. The minimum Gasteiger partial charge on any atom is -0.287 e. The topological polar surface area (TPSA) is 73.7 Å². The van der Waals surface area contributed by atoms with E-state index >= 15 is 0 Å². The Kier molecular flexibility index (Phi) is 4.33. The fourth-order valence-electron chi connectivity index (χ4n) is 0.777. The molecular formula is C8H8IN3O2. The van der Waals surface area contributed by atoms with E-state index in [0.29, 0.717) is 0 Å². The average molecular weight is 305 g/mol. The summed E-state index contributed by atoms with van der Waals surface area (Å²) in [7, 11) is 0. The molecule has 0 spiro atoms. The first-order valence-electron chi connectivity index (χ1n) is 3.71. The highest BCUT2D eigenvalue weighted by molar-refractivity contribution is 14.1.